The Morgan fingerprint density at radius 2 is 1.79 bits per heavy atom. The van der Waals surface area contributed by atoms with Gasteiger partial charge in [0.2, 0.25) is 0 Å². The van der Waals surface area contributed by atoms with Crippen molar-refractivity contribution in [2.45, 2.75) is 0 Å². The normalized spacial score (nSPS) is 10.6. The van der Waals surface area contributed by atoms with Gasteiger partial charge in [-0.1, -0.05) is 15.9 Å². The first kappa shape index (κ1) is 12.3. The number of carbonyl (C=O) groups is 1. The Kier molecular flexibility index (Phi) is 3.27. The van der Waals surface area contributed by atoms with Crippen molar-refractivity contribution in [2.24, 2.45) is 0 Å². The topological polar surface area (TPSA) is 54.9 Å². The number of fused-ring (bicyclic) bond motifs is 1. The maximum Gasteiger partial charge on any atom is 0.255 e. The average molecular weight is 334 g/mol. The molecule has 1 amide bonds. The van der Waals surface area contributed by atoms with E-state index >= 15 is 0 Å². The van der Waals surface area contributed by atoms with Crippen LogP contribution in [0.25, 0.3) is 11.0 Å². The molecule has 94 valence electrons. The Morgan fingerprint density at radius 1 is 1.05 bits per heavy atom. The van der Waals surface area contributed by atoms with Gasteiger partial charge in [-0.2, -0.15) is 8.75 Å². The second-order valence-electron chi connectivity index (χ2n) is 3.93. The Bertz CT molecular complexity index is 739. The SMILES string of the molecule is O=C(Nc1ccc(Br)cc1)c1ccc2nsnc2c1. The van der Waals surface area contributed by atoms with Crippen LogP contribution in [0.3, 0.4) is 0 Å². The van der Waals surface area contributed by atoms with Crippen molar-refractivity contribution in [1.82, 2.24) is 8.75 Å². The van der Waals surface area contributed by atoms with Gasteiger partial charge >= 0.3 is 0 Å². The highest BCUT2D eigenvalue weighted by Gasteiger charge is 2.08. The highest BCUT2D eigenvalue weighted by molar-refractivity contribution is 9.10. The van der Waals surface area contributed by atoms with Gasteiger partial charge < -0.3 is 5.32 Å². The van der Waals surface area contributed by atoms with Crippen LogP contribution in [0.2, 0.25) is 0 Å². The quantitative estimate of drug-likeness (QED) is 0.777. The lowest BCUT2D eigenvalue weighted by Gasteiger charge is -2.05. The molecule has 0 atom stereocenters. The van der Waals surface area contributed by atoms with Crippen LogP contribution < -0.4 is 5.32 Å². The van der Waals surface area contributed by atoms with Crippen LogP contribution in [0, 0.1) is 0 Å². The van der Waals surface area contributed by atoms with Crippen LogP contribution in [0.1, 0.15) is 10.4 Å². The van der Waals surface area contributed by atoms with E-state index in [0.29, 0.717) is 5.56 Å². The minimum absolute atomic E-state index is 0.155. The third-order valence-electron chi connectivity index (χ3n) is 2.62. The first-order valence-corrected chi connectivity index (χ1v) is 7.04. The zero-order chi connectivity index (χ0) is 13.2. The van der Waals surface area contributed by atoms with Gasteiger partial charge in [-0.25, -0.2) is 0 Å². The van der Waals surface area contributed by atoms with E-state index in [1.165, 1.54) is 0 Å². The van der Waals surface area contributed by atoms with Crippen molar-refractivity contribution < 1.29 is 4.79 Å². The summed E-state index contributed by atoms with van der Waals surface area (Å²) in [7, 11) is 0. The van der Waals surface area contributed by atoms with E-state index in [1.807, 2.05) is 24.3 Å². The Balaban J connectivity index is 1.84. The summed E-state index contributed by atoms with van der Waals surface area (Å²) in [6.07, 6.45) is 0. The highest BCUT2D eigenvalue weighted by Crippen LogP contribution is 2.17. The maximum atomic E-state index is 12.1. The van der Waals surface area contributed by atoms with E-state index in [-0.39, 0.29) is 5.91 Å². The van der Waals surface area contributed by atoms with Gasteiger partial charge in [0.05, 0.1) is 11.7 Å². The second-order valence-corrected chi connectivity index (χ2v) is 5.37. The number of halogens is 1. The fourth-order valence-corrected chi connectivity index (χ4v) is 2.44. The molecule has 1 N–H and O–H groups in total. The summed E-state index contributed by atoms with van der Waals surface area (Å²) in [6.45, 7) is 0. The van der Waals surface area contributed by atoms with Gasteiger partial charge in [-0.05, 0) is 42.5 Å². The van der Waals surface area contributed by atoms with E-state index in [1.54, 1.807) is 18.2 Å². The van der Waals surface area contributed by atoms with Crippen LogP contribution in [0.15, 0.2) is 46.9 Å². The minimum atomic E-state index is -0.155. The van der Waals surface area contributed by atoms with Gasteiger partial charge in [-0.3, -0.25) is 4.79 Å². The van der Waals surface area contributed by atoms with Crippen LogP contribution >= 0.6 is 27.7 Å². The van der Waals surface area contributed by atoms with Gasteiger partial charge in [0.15, 0.2) is 0 Å². The number of carbonyl (C=O) groups excluding carboxylic acids is 1. The van der Waals surface area contributed by atoms with Crippen molar-refractivity contribution in [2.75, 3.05) is 5.32 Å². The van der Waals surface area contributed by atoms with E-state index < -0.39 is 0 Å². The van der Waals surface area contributed by atoms with Crippen LogP contribution in [-0.2, 0) is 0 Å². The smallest absolute Gasteiger partial charge is 0.255 e. The molecule has 0 unspecified atom stereocenters. The van der Waals surface area contributed by atoms with Gasteiger partial charge in [0, 0.05) is 15.7 Å². The number of hydrogen-bond acceptors (Lipinski definition) is 4. The van der Waals surface area contributed by atoms with Crippen molar-refractivity contribution in [3.05, 3.63) is 52.5 Å². The predicted molar refractivity (Wildman–Crippen MR) is 79.5 cm³/mol. The van der Waals surface area contributed by atoms with E-state index in [9.17, 15) is 4.79 Å². The molecule has 3 aromatic rings. The summed E-state index contributed by atoms with van der Waals surface area (Å²) in [5.74, 6) is -0.155. The Morgan fingerprint density at radius 3 is 2.58 bits per heavy atom. The third-order valence-corrected chi connectivity index (χ3v) is 3.70. The Labute approximate surface area is 121 Å². The van der Waals surface area contributed by atoms with Crippen molar-refractivity contribution in [1.29, 1.82) is 0 Å². The average Bonchev–Trinajstić information content (AvgIpc) is 2.88. The molecule has 0 saturated carbocycles. The number of hydrogen-bond donors (Lipinski definition) is 1. The maximum absolute atomic E-state index is 12.1. The molecule has 0 bridgehead atoms. The molecule has 2 aromatic carbocycles. The number of anilines is 1. The second kappa shape index (κ2) is 5.07. The molecule has 0 spiro atoms. The van der Waals surface area contributed by atoms with E-state index in [4.69, 9.17) is 0 Å². The molecule has 1 aromatic heterocycles. The molecule has 1 heterocycles. The molecular weight excluding hydrogens is 326 g/mol. The first-order chi connectivity index (χ1) is 9.22. The van der Waals surface area contributed by atoms with E-state index in [0.717, 1.165) is 32.9 Å². The molecular formula is C13H8BrN3OS. The van der Waals surface area contributed by atoms with Crippen molar-refractivity contribution in [3.63, 3.8) is 0 Å². The molecule has 0 aliphatic carbocycles. The number of nitrogens with zero attached hydrogens (tertiary/aromatic N) is 2. The number of aromatic nitrogens is 2. The van der Waals surface area contributed by atoms with E-state index in [2.05, 4.69) is 30.0 Å². The lowest BCUT2D eigenvalue weighted by Crippen LogP contribution is -2.11. The molecule has 0 fully saturated rings. The summed E-state index contributed by atoms with van der Waals surface area (Å²) < 4.78 is 9.20. The summed E-state index contributed by atoms with van der Waals surface area (Å²) in [4.78, 5) is 12.1. The largest absolute Gasteiger partial charge is 0.322 e. The van der Waals surface area contributed by atoms with Crippen molar-refractivity contribution >= 4 is 50.3 Å². The number of rotatable bonds is 2. The first-order valence-electron chi connectivity index (χ1n) is 5.51. The summed E-state index contributed by atoms with van der Waals surface area (Å²) in [5, 5.41) is 2.84. The van der Waals surface area contributed by atoms with Gasteiger partial charge in [-0.15, -0.1) is 0 Å². The fraction of sp³-hybridized carbons (Fsp3) is 0. The summed E-state index contributed by atoms with van der Waals surface area (Å²) in [5.41, 5.74) is 2.88. The number of amides is 1. The lowest BCUT2D eigenvalue weighted by atomic mass is 10.2. The molecule has 3 rings (SSSR count). The van der Waals surface area contributed by atoms with Crippen LogP contribution in [-0.4, -0.2) is 14.7 Å². The third kappa shape index (κ3) is 2.64. The predicted octanol–water partition coefficient (Wildman–Crippen LogP) is 3.71. The number of nitrogens with one attached hydrogen (secondary N) is 1. The summed E-state index contributed by atoms with van der Waals surface area (Å²) >= 11 is 4.49. The molecule has 0 saturated heterocycles. The fourth-order valence-electron chi connectivity index (χ4n) is 1.66. The Hall–Kier alpha value is -1.79. The standard InChI is InChI=1S/C13H8BrN3OS/c14-9-2-4-10(5-3-9)15-13(18)8-1-6-11-12(7-8)17-19-16-11/h1-7H,(H,15,18). The molecule has 6 heteroatoms. The zero-order valence-electron chi connectivity index (χ0n) is 9.63. The molecule has 4 nitrogen and oxygen atoms in total. The van der Waals surface area contributed by atoms with Crippen molar-refractivity contribution in [3.8, 4) is 0 Å². The molecule has 0 aliphatic rings. The van der Waals surface area contributed by atoms with Crippen LogP contribution in [0.5, 0.6) is 0 Å². The number of benzene rings is 2. The lowest BCUT2D eigenvalue weighted by molar-refractivity contribution is 0.102. The van der Waals surface area contributed by atoms with Crippen LogP contribution in [0.4, 0.5) is 5.69 Å². The summed E-state index contributed by atoms with van der Waals surface area (Å²) in [6, 6.07) is 12.7. The van der Waals surface area contributed by atoms with Gasteiger partial charge in [0.1, 0.15) is 11.0 Å². The zero-order valence-corrected chi connectivity index (χ0v) is 12.0. The monoisotopic (exact) mass is 333 g/mol. The molecule has 0 aliphatic heterocycles. The minimum Gasteiger partial charge on any atom is -0.322 e. The van der Waals surface area contributed by atoms with Gasteiger partial charge in [0.25, 0.3) is 5.91 Å². The molecule has 19 heavy (non-hydrogen) atoms. The molecule has 0 radical (unpaired) electrons. The highest BCUT2D eigenvalue weighted by atomic mass is 79.9.